The van der Waals surface area contributed by atoms with E-state index in [2.05, 4.69) is 88.0 Å². The minimum absolute atomic E-state index is 0.0218. The van der Waals surface area contributed by atoms with E-state index in [1.165, 1.54) is 10.4 Å². The minimum Gasteiger partial charge on any atom is -0.444 e. The number of hydrogen-bond donors (Lipinski definition) is 0. The van der Waals surface area contributed by atoms with E-state index in [4.69, 9.17) is 9.16 Å². The van der Waals surface area contributed by atoms with Crippen LogP contribution in [0, 0.1) is 5.92 Å². The third-order valence-corrected chi connectivity index (χ3v) is 11.9. The Morgan fingerprint density at radius 1 is 1.00 bits per heavy atom. The molecule has 35 heavy (non-hydrogen) atoms. The molecule has 2 aromatic carbocycles. The summed E-state index contributed by atoms with van der Waals surface area (Å²) in [7, 11) is -2.69. The van der Waals surface area contributed by atoms with Crippen LogP contribution < -0.4 is 10.4 Å². The summed E-state index contributed by atoms with van der Waals surface area (Å²) in [6.07, 6.45) is 4.62. The van der Waals surface area contributed by atoms with Crippen molar-refractivity contribution in [2.45, 2.75) is 77.5 Å². The topological polar surface area (TPSA) is 38.8 Å². The quantitative estimate of drug-likeness (QED) is 0.327. The number of allylic oxidation sites excluding steroid dienone is 1. The molecule has 4 nitrogen and oxygen atoms in total. The Morgan fingerprint density at radius 2 is 1.54 bits per heavy atom. The van der Waals surface area contributed by atoms with Gasteiger partial charge in [-0.05, 0) is 61.4 Å². The molecule has 5 heteroatoms. The van der Waals surface area contributed by atoms with E-state index in [0.29, 0.717) is 19.1 Å². The fourth-order valence-corrected chi connectivity index (χ4v) is 9.91. The first-order chi connectivity index (χ1) is 16.5. The summed E-state index contributed by atoms with van der Waals surface area (Å²) in [5.74, 6) is 0.360. The van der Waals surface area contributed by atoms with Crippen molar-refractivity contribution in [2.24, 2.45) is 5.92 Å². The Bertz CT molecular complexity index is 923. The van der Waals surface area contributed by atoms with Crippen molar-refractivity contribution < 1.29 is 14.0 Å². The average Bonchev–Trinajstić information content (AvgIpc) is 3.20. The summed E-state index contributed by atoms with van der Waals surface area (Å²) in [4.78, 5) is 15.1. The highest BCUT2D eigenvalue weighted by atomic mass is 28.4. The van der Waals surface area contributed by atoms with Gasteiger partial charge in [-0.3, -0.25) is 0 Å². The van der Waals surface area contributed by atoms with E-state index in [-0.39, 0.29) is 17.2 Å². The van der Waals surface area contributed by atoms with Crippen LogP contribution in [0.3, 0.4) is 0 Å². The second-order valence-electron chi connectivity index (χ2n) is 11.6. The van der Waals surface area contributed by atoms with E-state index in [1.807, 2.05) is 31.7 Å². The van der Waals surface area contributed by atoms with Crippen molar-refractivity contribution in [3.8, 4) is 0 Å². The molecule has 3 rings (SSSR count). The largest absolute Gasteiger partial charge is 0.444 e. The predicted octanol–water partition coefficient (Wildman–Crippen LogP) is 6.15. The first-order valence-corrected chi connectivity index (χ1v) is 14.8. The van der Waals surface area contributed by atoms with Crippen molar-refractivity contribution >= 4 is 24.8 Å². The molecule has 0 aliphatic carbocycles. The van der Waals surface area contributed by atoms with Gasteiger partial charge in [-0.15, -0.1) is 6.58 Å². The van der Waals surface area contributed by atoms with E-state index in [9.17, 15) is 4.79 Å². The summed E-state index contributed by atoms with van der Waals surface area (Å²) in [6, 6.07) is 21.3. The van der Waals surface area contributed by atoms with Gasteiger partial charge in [-0.1, -0.05) is 87.5 Å². The maximum absolute atomic E-state index is 13.2. The van der Waals surface area contributed by atoms with Gasteiger partial charge in [0.15, 0.2) is 0 Å². The molecule has 1 aliphatic heterocycles. The van der Waals surface area contributed by atoms with Crippen LogP contribution in [0.1, 0.15) is 60.8 Å². The van der Waals surface area contributed by atoms with Gasteiger partial charge in [0.1, 0.15) is 5.60 Å². The van der Waals surface area contributed by atoms with E-state index in [0.717, 1.165) is 19.3 Å². The van der Waals surface area contributed by atoms with Gasteiger partial charge >= 0.3 is 6.09 Å². The lowest BCUT2D eigenvalue weighted by Gasteiger charge is -2.44. The molecule has 0 saturated carbocycles. The zero-order chi connectivity index (χ0) is 25.7. The second-order valence-corrected chi connectivity index (χ2v) is 15.9. The third-order valence-electron chi connectivity index (χ3n) is 6.94. The molecule has 1 aliphatic rings. The Balaban J connectivity index is 2.01. The normalized spacial score (nSPS) is 19.0. The van der Waals surface area contributed by atoms with Gasteiger partial charge in [-0.2, -0.15) is 0 Å². The number of hydrogen-bond acceptors (Lipinski definition) is 3. The highest BCUT2D eigenvalue weighted by molar-refractivity contribution is 6.99. The summed E-state index contributed by atoms with van der Waals surface area (Å²) >= 11 is 0. The van der Waals surface area contributed by atoms with Gasteiger partial charge < -0.3 is 14.1 Å². The van der Waals surface area contributed by atoms with Crippen LogP contribution >= 0.6 is 0 Å². The molecule has 1 fully saturated rings. The molecule has 2 aromatic rings. The maximum Gasteiger partial charge on any atom is 0.410 e. The number of amides is 1. The Morgan fingerprint density at radius 3 is 2.00 bits per heavy atom. The van der Waals surface area contributed by atoms with Crippen molar-refractivity contribution in [1.82, 2.24) is 4.90 Å². The molecular weight excluding hydrogens is 450 g/mol. The number of benzene rings is 2. The summed E-state index contributed by atoms with van der Waals surface area (Å²) in [5, 5.41) is 2.40. The van der Waals surface area contributed by atoms with Gasteiger partial charge in [0.25, 0.3) is 8.32 Å². The number of carbonyl (C=O) groups excluding carboxylic acids is 1. The number of ether oxygens (including phenoxy) is 1. The molecule has 1 amide bonds. The molecule has 1 saturated heterocycles. The highest BCUT2D eigenvalue weighted by Crippen LogP contribution is 2.38. The summed E-state index contributed by atoms with van der Waals surface area (Å²) in [6.45, 7) is 17.7. The standard InChI is InChI=1S/C30H43NO3Si/c1-8-9-16-24-21-22-31(28(32)34-29(2,3)4)27(24)23-33-35(30(5,6)7,25-17-12-10-13-18-25)26-19-14-11-15-20-26/h8,10-15,17-20,24,27H,1,9,16,21-23H2,2-7H3/t24-,27+/m0/s1. The highest BCUT2D eigenvalue weighted by Gasteiger charge is 2.51. The SMILES string of the molecule is C=CCC[C@H]1CCN(C(=O)OC(C)(C)C)[C@@H]1CO[Si](c1ccccc1)(c1ccccc1)C(C)(C)C. The van der Waals surface area contributed by atoms with Crippen molar-refractivity contribution in [1.29, 1.82) is 0 Å². The van der Waals surface area contributed by atoms with Crippen molar-refractivity contribution in [2.75, 3.05) is 13.2 Å². The summed E-state index contributed by atoms with van der Waals surface area (Å²) in [5.41, 5.74) is -0.528. The zero-order valence-corrected chi connectivity index (χ0v) is 23.4. The van der Waals surface area contributed by atoms with Crippen LogP contribution in [0.2, 0.25) is 5.04 Å². The molecule has 1 heterocycles. The van der Waals surface area contributed by atoms with Gasteiger partial charge in [-0.25, -0.2) is 4.79 Å². The molecule has 0 aromatic heterocycles. The number of rotatable bonds is 8. The van der Waals surface area contributed by atoms with Gasteiger partial charge in [0.05, 0.1) is 12.6 Å². The number of carbonyl (C=O) groups is 1. The van der Waals surface area contributed by atoms with Crippen LogP contribution in [0.4, 0.5) is 4.79 Å². The Kier molecular flexibility index (Phi) is 8.66. The summed E-state index contributed by atoms with van der Waals surface area (Å²) < 4.78 is 13.0. The van der Waals surface area contributed by atoms with Crippen LogP contribution in [0.25, 0.3) is 0 Å². The van der Waals surface area contributed by atoms with Crippen molar-refractivity contribution in [3.05, 3.63) is 73.3 Å². The second kappa shape index (κ2) is 11.1. The monoisotopic (exact) mass is 493 g/mol. The lowest BCUT2D eigenvalue weighted by atomic mass is 9.95. The predicted molar refractivity (Wildman–Crippen MR) is 148 cm³/mol. The van der Waals surface area contributed by atoms with Crippen LogP contribution in [-0.4, -0.2) is 44.1 Å². The fraction of sp³-hybridized carbons (Fsp3) is 0.500. The lowest BCUT2D eigenvalue weighted by molar-refractivity contribution is 0.0153. The van der Waals surface area contributed by atoms with Crippen molar-refractivity contribution in [3.63, 3.8) is 0 Å². The Labute approximate surface area is 213 Å². The molecule has 0 N–H and O–H groups in total. The maximum atomic E-state index is 13.2. The van der Waals surface area contributed by atoms with Crippen LogP contribution in [0.5, 0.6) is 0 Å². The molecular formula is C30H43NO3Si. The zero-order valence-electron chi connectivity index (χ0n) is 22.4. The minimum atomic E-state index is -2.69. The molecule has 0 bridgehead atoms. The smallest absolute Gasteiger partial charge is 0.410 e. The molecule has 0 spiro atoms. The van der Waals surface area contributed by atoms with E-state index < -0.39 is 13.9 Å². The van der Waals surface area contributed by atoms with E-state index >= 15 is 0 Å². The van der Waals surface area contributed by atoms with E-state index in [1.54, 1.807) is 0 Å². The average molecular weight is 494 g/mol. The first-order valence-electron chi connectivity index (χ1n) is 12.8. The molecule has 190 valence electrons. The molecule has 2 atom stereocenters. The van der Waals surface area contributed by atoms with Gasteiger partial charge in [0, 0.05) is 6.54 Å². The molecule has 0 unspecified atom stereocenters. The fourth-order valence-electron chi connectivity index (χ4n) is 5.33. The number of nitrogens with zero attached hydrogens (tertiary/aromatic N) is 1. The Hall–Kier alpha value is -2.37. The number of likely N-dealkylation sites (tertiary alicyclic amines) is 1. The van der Waals surface area contributed by atoms with Crippen LogP contribution in [0.15, 0.2) is 73.3 Å². The molecule has 0 radical (unpaired) electrons. The lowest BCUT2D eigenvalue weighted by Crippen LogP contribution is -2.67. The van der Waals surface area contributed by atoms with Gasteiger partial charge in [0.2, 0.25) is 0 Å². The van der Waals surface area contributed by atoms with Crippen LogP contribution in [-0.2, 0) is 9.16 Å². The third kappa shape index (κ3) is 6.25. The first kappa shape index (κ1) is 27.2.